The minimum Gasteiger partial charge on any atom is -0.363 e. The lowest BCUT2D eigenvalue weighted by atomic mass is 10.0. The van der Waals surface area contributed by atoms with Crippen LogP contribution in [0.3, 0.4) is 0 Å². The van der Waals surface area contributed by atoms with E-state index in [9.17, 15) is 0 Å². The molecule has 3 heteroatoms. The van der Waals surface area contributed by atoms with Gasteiger partial charge in [0.1, 0.15) is 6.07 Å². The van der Waals surface area contributed by atoms with Gasteiger partial charge in [-0.15, -0.1) is 0 Å². The van der Waals surface area contributed by atoms with Gasteiger partial charge in [0.25, 0.3) is 0 Å². The molecule has 1 N–H and O–H groups in total. The number of aryl methyl sites for hydroxylation is 1. The van der Waals surface area contributed by atoms with Crippen molar-refractivity contribution in [3.63, 3.8) is 0 Å². The van der Waals surface area contributed by atoms with Crippen molar-refractivity contribution in [3.05, 3.63) is 46.2 Å². The molecule has 0 atom stereocenters. The fraction of sp³-hybridized carbons (Fsp3) is 0.0833. The van der Waals surface area contributed by atoms with Crippen LogP contribution >= 0.6 is 15.9 Å². The third-order valence-electron chi connectivity index (χ3n) is 2.34. The lowest BCUT2D eigenvalue weighted by molar-refractivity contribution is 1.25. The molecule has 2 aromatic rings. The van der Waals surface area contributed by atoms with Crippen LogP contribution in [0, 0.1) is 18.3 Å². The minimum atomic E-state index is 0.720. The summed E-state index contributed by atoms with van der Waals surface area (Å²) in [7, 11) is 0. The van der Waals surface area contributed by atoms with E-state index >= 15 is 0 Å². The van der Waals surface area contributed by atoms with Gasteiger partial charge in [-0.05, 0) is 24.6 Å². The maximum atomic E-state index is 9.02. The van der Waals surface area contributed by atoms with Gasteiger partial charge in [-0.1, -0.05) is 28.1 Å². The molecule has 74 valence electrons. The number of rotatable bonds is 1. The monoisotopic (exact) mass is 260 g/mol. The first-order valence-corrected chi connectivity index (χ1v) is 5.35. The van der Waals surface area contributed by atoms with Crippen LogP contribution in [0.5, 0.6) is 0 Å². The van der Waals surface area contributed by atoms with Gasteiger partial charge >= 0.3 is 0 Å². The number of aromatic amines is 1. The highest BCUT2D eigenvalue weighted by atomic mass is 79.9. The Bertz CT molecular complexity index is 518. The molecule has 0 saturated carbocycles. The number of nitriles is 1. The number of H-pyrrole nitrogens is 1. The summed E-state index contributed by atoms with van der Waals surface area (Å²) in [4.78, 5) is 3.07. The van der Waals surface area contributed by atoms with Crippen LogP contribution in [0.25, 0.3) is 11.1 Å². The summed E-state index contributed by atoms with van der Waals surface area (Å²) >= 11 is 3.39. The largest absolute Gasteiger partial charge is 0.363 e. The second-order valence-electron chi connectivity index (χ2n) is 3.32. The fourth-order valence-corrected chi connectivity index (χ4v) is 1.79. The van der Waals surface area contributed by atoms with Gasteiger partial charge in [-0.2, -0.15) is 5.26 Å². The van der Waals surface area contributed by atoms with Crippen LogP contribution in [-0.4, -0.2) is 4.98 Å². The molecule has 2 nitrogen and oxygen atoms in total. The van der Waals surface area contributed by atoms with Crippen molar-refractivity contribution in [2.75, 3.05) is 0 Å². The Morgan fingerprint density at radius 2 is 1.93 bits per heavy atom. The summed E-state index contributed by atoms with van der Waals surface area (Å²) in [6, 6.07) is 10.1. The Balaban J connectivity index is 2.55. The molecule has 0 spiro atoms. The van der Waals surface area contributed by atoms with Gasteiger partial charge in [0.05, 0.1) is 5.56 Å². The Labute approximate surface area is 96.7 Å². The molecule has 0 aliphatic rings. The Morgan fingerprint density at radius 1 is 1.27 bits per heavy atom. The van der Waals surface area contributed by atoms with Gasteiger partial charge in [0.15, 0.2) is 0 Å². The van der Waals surface area contributed by atoms with Gasteiger partial charge < -0.3 is 4.98 Å². The van der Waals surface area contributed by atoms with Gasteiger partial charge in [-0.25, -0.2) is 0 Å². The first-order valence-electron chi connectivity index (χ1n) is 4.56. The summed E-state index contributed by atoms with van der Waals surface area (Å²) in [5.41, 5.74) is 3.65. The van der Waals surface area contributed by atoms with E-state index < -0.39 is 0 Å². The van der Waals surface area contributed by atoms with Crippen LogP contribution in [0.4, 0.5) is 0 Å². The Kier molecular flexibility index (Phi) is 2.61. The molecule has 0 aliphatic carbocycles. The molecule has 1 aromatic carbocycles. The number of hydrogen-bond donors (Lipinski definition) is 1. The topological polar surface area (TPSA) is 39.6 Å². The zero-order chi connectivity index (χ0) is 10.8. The average Bonchev–Trinajstić information content (AvgIpc) is 2.61. The molecule has 0 saturated heterocycles. The summed E-state index contributed by atoms with van der Waals surface area (Å²) in [5.74, 6) is 0. The summed E-state index contributed by atoms with van der Waals surface area (Å²) < 4.78 is 1.04. The number of hydrogen-bond acceptors (Lipinski definition) is 1. The smallest absolute Gasteiger partial charge is 0.102 e. The zero-order valence-corrected chi connectivity index (χ0v) is 9.80. The van der Waals surface area contributed by atoms with Crippen molar-refractivity contribution in [3.8, 4) is 17.2 Å². The summed E-state index contributed by atoms with van der Waals surface area (Å²) in [5, 5.41) is 9.02. The molecule has 1 aromatic heterocycles. The summed E-state index contributed by atoms with van der Waals surface area (Å²) in [6.45, 7) is 1.90. The molecular formula is C12H9BrN2. The fourth-order valence-electron chi connectivity index (χ4n) is 1.53. The van der Waals surface area contributed by atoms with Crippen molar-refractivity contribution in [1.29, 1.82) is 5.26 Å². The second-order valence-corrected chi connectivity index (χ2v) is 4.24. The lowest BCUT2D eigenvalue weighted by Crippen LogP contribution is -1.80. The van der Waals surface area contributed by atoms with Crippen LogP contribution < -0.4 is 0 Å². The molecule has 0 radical (unpaired) electrons. The Morgan fingerprint density at radius 3 is 2.53 bits per heavy atom. The van der Waals surface area contributed by atoms with E-state index in [4.69, 9.17) is 5.26 Å². The van der Waals surface area contributed by atoms with E-state index in [0.717, 1.165) is 26.9 Å². The normalized spacial score (nSPS) is 9.93. The molecule has 0 aliphatic heterocycles. The third kappa shape index (κ3) is 1.81. The van der Waals surface area contributed by atoms with E-state index in [2.05, 4.69) is 27.0 Å². The van der Waals surface area contributed by atoms with Crippen molar-refractivity contribution in [2.24, 2.45) is 0 Å². The SMILES string of the molecule is Cc1[nH]cc(-c2ccc(Br)cc2)c1C#N. The summed E-state index contributed by atoms with van der Waals surface area (Å²) in [6.07, 6.45) is 1.87. The molecule has 0 unspecified atom stereocenters. The highest BCUT2D eigenvalue weighted by molar-refractivity contribution is 9.10. The van der Waals surface area contributed by atoms with Crippen molar-refractivity contribution < 1.29 is 0 Å². The van der Waals surface area contributed by atoms with E-state index in [-0.39, 0.29) is 0 Å². The predicted octanol–water partition coefficient (Wildman–Crippen LogP) is 3.62. The maximum absolute atomic E-state index is 9.02. The van der Waals surface area contributed by atoms with E-state index in [1.165, 1.54) is 0 Å². The quantitative estimate of drug-likeness (QED) is 0.836. The van der Waals surface area contributed by atoms with Crippen molar-refractivity contribution >= 4 is 15.9 Å². The van der Waals surface area contributed by atoms with Crippen LogP contribution in [0.15, 0.2) is 34.9 Å². The van der Waals surface area contributed by atoms with E-state index in [0.29, 0.717) is 0 Å². The highest BCUT2D eigenvalue weighted by Gasteiger charge is 2.08. The first-order chi connectivity index (χ1) is 7.22. The predicted molar refractivity (Wildman–Crippen MR) is 63.4 cm³/mol. The van der Waals surface area contributed by atoms with Gasteiger partial charge in [0, 0.05) is 21.9 Å². The first kappa shape index (κ1) is 10.0. The standard InChI is InChI=1S/C12H9BrN2/c1-8-11(6-14)12(7-15-8)9-2-4-10(13)5-3-9/h2-5,7,15H,1H3. The number of benzene rings is 1. The molecular weight excluding hydrogens is 252 g/mol. The van der Waals surface area contributed by atoms with Crippen molar-refractivity contribution in [2.45, 2.75) is 6.92 Å². The minimum absolute atomic E-state index is 0.720. The second kappa shape index (κ2) is 3.92. The number of aromatic nitrogens is 1. The average molecular weight is 261 g/mol. The van der Waals surface area contributed by atoms with Gasteiger partial charge in [0.2, 0.25) is 0 Å². The Hall–Kier alpha value is -1.53. The van der Waals surface area contributed by atoms with Gasteiger partial charge in [-0.3, -0.25) is 0 Å². The van der Waals surface area contributed by atoms with E-state index in [1.54, 1.807) is 0 Å². The zero-order valence-electron chi connectivity index (χ0n) is 8.21. The van der Waals surface area contributed by atoms with Crippen LogP contribution in [0.1, 0.15) is 11.3 Å². The lowest BCUT2D eigenvalue weighted by Gasteiger charge is -1.99. The molecule has 2 rings (SSSR count). The third-order valence-corrected chi connectivity index (χ3v) is 2.87. The molecule has 1 heterocycles. The van der Waals surface area contributed by atoms with Crippen molar-refractivity contribution in [1.82, 2.24) is 4.98 Å². The van der Waals surface area contributed by atoms with E-state index in [1.807, 2.05) is 37.4 Å². The van der Waals surface area contributed by atoms with Crippen LogP contribution in [0.2, 0.25) is 0 Å². The highest BCUT2D eigenvalue weighted by Crippen LogP contribution is 2.26. The molecule has 0 amide bonds. The number of nitrogens with zero attached hydrogens (tertiary/aromatic N) is 1. The number of halogens is 1. The molecule has 15 heavy (non-hydrogen) atoms. The maximum Gasteiger partial charge on any atom is 0.102 e. The molecule has 0 fully saturated rings. The van der Waals surface area contributed by atoms with Crippen LogP contribution in [-0.2, 0) is 0 Å². The number of nitrogens with one attached hydrogen (secondary N) is 1. The molecule has 0 bridgehead atoms.